The van der Waals surface area contributed by atoms with Gasteiger partial charge in [-0.3, -0.25) is 4.79 Å². The Morgan fingerprint density at radius 2 is 2.18 bits per heavy atom. The van der Waals surface area contributed by atoms with Gasteiger partial charge in [-0.25, -0.2) is 4.98 Å². The summed E-state index contributed by atoms with van der Waals surface area (Å²) in [6.07, 6.45) is 0. The number of anilines is 1. The summed E-state index contributed by atoms with van der Waals surface area (Å²) in [6.45, 7) is 9.22. The molecule has 0 aromatic carbocycles. The molecule has 5 heteroatoms. The van der Waals surface area contributed by atoms with E-state index in [4.69, 9.17) is 4.74 Å². The van der Waals surface area contributed by atoms with Crippen molar-refractivity contribution >= 4 is 5.82 Å². The summed E-state index contributed by atoms with van der Waals surface area (Å²) in [5, 5.41) is 3.16. The zero-order chi connectivity index (χ0) is 12.8. The van der Waals surface area contributed by atoms with Crippen LogP contribution in [0, 0.1) is 0 Å². The van der Waals surface area contributed by atoms with Gasteiger partial charge in [-0.15, -0.1) is 0 Å². The van der Waals surface area contributed by atoms with Crippen molar-refractivity contribution in [2.75, 3.05) is 18.5 Å². The van der Waals surface area contributed by atoms with Gasteiger partial charge in [-0.05, 0) is 13.8 Å². The number of nitrogens with one attached hydrogen (secondary N) is 2. The molecule has 0 amide bonds. The van der Waals surface area contributed by atoms with Gasteiger partial charge in [-0.1, -0.05) is 13.8 Å². The van der Waals surface area contributed by atoms with Gasteiger partial charge in [0, 0.05) is 24.6 Å². The second kappa shape index (κ2) is 6.39. The lowest BCUT2D eigenvalue weighted by Crippen LogP contribution is -2.24. The smallest absolute Gasteiger partial charge is 0.252 e. The standard InChI is InChI=1S/C12H21N3O2/c1-5-17-7-9(4)13-10-6-11(16)15-12(14-10)8(2)3/h6,8-9H,5,7H2,1-4H3,(H2,13,14,15,16). The molecule has 0 spiro atoms. The van der Waals surface area contributed by atoms with E-state index in [0.717, 1.165) is 0 Å². The van der Waals surface area contributed by atoms with Gasteiger partial charge in [0.15, 0.2) is 0 Å². The second-order valence-electron chi connectivity index (χ2n) is 4.38. The first-order valence-electron chi connectivity index (χ1n) is 5.98. The van der Waals surface area contributed by atoms with E-state index in [2.05, 4.69) is 15.3 Å². The van der Waals surface area contributed by atoms with Crippen LogP contribution in [0.25, 0.3) is 0 Å². The maximum absolute atomic E-state index is 11.4. The van der Waals surface area contributed by atoms with E-state index in [1.54, 1.807) is 0 Å². The summed E-state index contributed by atoms with van der Waals surface area (Å²) in [5.41, 5.74) is -0.130. The summed E-state index contributed by atoms with van der Waals surface area (Å²) < 4.78 is 5.30. The largest absolute Gasteiger partial charge is 0.380 e. The highest BCUT2D eigenvalue weighted by atomic mass is 16.5. The number of rotatable bonds is 6. The summed E-state index contributed by atoms with van der Waals surface area (Å²) in [6, 6.07) is 1.60. The van der Waals surface area contributed by atoms with Crippen molar-refractivity contribution in [2.45, 2.75) is 39.7 Å². The van der Waals surface area contributed by atoms with Crippen LogP contribution in [0.2, 0.25) is 0 Å². The predicted octanol–water partition coefficient (Wildman–Crippen LogP) is 1.73. The van der Waals surface area contributed by atoms with Crippen LogP contribution in [0.4, 0.5) is 5.82 Å². The summed E-state index contributed by atoms with van der Waals surface area (Å²) in [7, 11) is 0. The zero-order valence-corrected chi connectivity index (χ0v) is 10.9. The van der Waals surface area contributed by atoms with Gasteiger partial charge in [0.1, 0.15) is 11.6 Å². The molecule has 1 heterocycles. The number of aromatic nitrogens is 2. The minimum Gasteiger partial charge on any atom is -0.380 e. The molecule has 0 aliphatic carbocycles. The molecule has 0 radical (unpaired) electrons. The maximum atomic E-state index is 11.4. The average Bonchev–Trinajstić information content (AvgIpc) is 2.25. The topological polar surface area (TPSA) is 67.0 Å². The molecular formula is C12H21N3O2. The number of nitrogens with zero attached hydrogens (tertiary/aromatic N) is 1. The molecule has 5 nitrogen and oxygen atoms in total. The Morgan fingerprint density at radius 3 is 2.76 bits per heavy atom. The minimum atomic E-state index is -0.130. The van der Waals surface area contributed by atoms with Crippen molar-refractivity contribution in [3.8, 4) is 0 Å². The van der Waals surface area contributed by atoms with Gasteiger partial charge >= 0.3 is 0 Å². The highest BCUT2D eigenvalue weighted by Crippen LogP contribution is 2.09. The molecule has 0 aliphatic rings. The number of hydrogen-bond donors (Lipinski definition) is 2. The summed E-state index contributed by atoms with van der Waals surface area (Å²) in [5.74, 6) is 1.50. The lowest BCUT2D eigenvalue weighted by molar-refractivity contribution is 0.141. The van der Waals surface area contributed by atoms with E-state index < -0.39 is 0 Å². The molecule has 1 atom stereocenters. The molecule has 0 fully saturated rings. The van der Waals surface area contributed by atoms with E-state index in [-0.39, 0.29) is 17.5 Å². The third-order valence-corrected chi connectivity index (χ3v) is 2.27. The van der Waals surface area contributed by atoms with Gasteiger partial charge in [0.05, 0.1) is 6.61 Å². The summed E-state index contributed by atoms with van der Waals surface area (Å²) >= 11 is 0. The molecular weight excluding hydrogens is 218 g/mol. The molecule has 0 bridgehead atoms. The Labute approximate surface area is 102 Å². The number of aromatic amines is 1. The normalized spacial score (nSPS) is 12.8. The second-order valence-corrected chi connectivity index (χ2v) is 4.38. The lowest BCUT2D eigenvalue weighted by atomic mass is 10.2. The van der Waals surface area contributed by atoms with Crippen LogP contribution in [-0.2, 0) is 4.74 Å². The van der Waals surface area contributed by atoms with Crippen LogP contribution < -0.4 is 10.9 Å². The highest BCUT2D eigenvalue weighted by Gasteiger charge is 2.07. The molecule has 1 rings (SSSR count). The molecule has 0 saturated heterocycles. The highest BCUT2D eigenvalue weighted by molar-refractivity contribution is 5.34. The molecule has 17 heavy (non-hydrogen) atoms. The van der Waals surface area contributed by atoms with E-state index in [0.29, 0.717) is 24.9 Å². The average molecular weight is 239 g/mol. The molecule has 1 aromatic rings. The Bertz CT molecular complexity index is 401. The number of hydrogen-bond acceptors (Lipinski definition) is 4. The van der Waals surface area contributed by atoms with Crippen molar-refractivity contribution in [3.63, 3.8) is 0 Å². The first-order valence-corrected chi connectivity index (χ1v) is 5.98. The van der Waals surface area contributed by atoms with Gasteiger partial charge in [-0.2, -0.15) is 0 Å². The van der Waals surface area contributed by atoms with Crippen molar-refractivity contribution < 1.29 is 4.74 Å². The van der Waals surface area contributed by atoms with E-state index in [1.807, 2.05) is 27.7 Å². The molecule has 0 saturated carbocycles. The Kier molecular flexibility index (Phi) is 5.15. The van der Waals surface area contributed by atoms with Crippen LogP contribution in [0.1, 0.15) is 39.4 Å². The zero-order valence-electron chi connectivity index (χ0n) is 10.9. The molecule has 2 N–H and O–H groups in total. The predicted molar refractivity (Wildman–Crippen MR) is 68.5 cm³/mol. The minimum absolute atomic E-state index is 0.129. The van der Waals surface area contributed by atoms with E-state index in [1.165, 1.54) is 6.07 Å². The number of H-pyrrole nitrogens is 1. The quantitative estimate of drug-likeness (QED) is 0.793. The van der Waals surface area contributed by atoms with Crippen LogP contribution in [0.3, 0.4) is 0 Å². The van der Waals surface area contributed by atoms with Crippen LogP contribution in [0.15, 0.2) is 10.9 Å². The monoisotopic (exact) mass is 239 g/mol. The van der Waals surface area contributed by atoms with E-state index in [9.17, 15) is 4.79 Å². The molecule has 0 aliphatic heterocycles. The first-order chi connectivity index (χ1) is 8.02. The Balaban J connectivity index is 2.73. The van der Waals surface area contributed by atoms with Crippen molar-refractivity contribution in [1.82, 2.24) is 9.97 Å². The molecule has 1 aromatic heterocycles. The van der Waals surface area contributed by atoms with Crippen LogP contribution in [0.5, 0.6) is 0 Å². The Morgan fingerprint density at radius 1 is 1.47 bits per heavy atom. The number of ether oxygens (including phenoxy) is 1. The van der Waals surface area contributed by atoms with Crippen LogP contribution in [-0.4, -0.2) is 29.2 Å². The fraction of sp³-hybridized carbons (Fsp3) is 0.667. The maximum Gasteiger partial charge on any atom is 0.252 e. The van der Waals surface area contributed by atoms with Crippen LogP contribution >= 0.6 is 0 Å². The fourth-order valence-electron chi connectivity index (χ4n) is 1.41. The van der Waals surface area contributed by atoms with Gasteiger partial charge < -0.3 is 15.0 Å². The fourth-order valence-corrected chi connectivity index (χ4v) is 1.41. The van der Waals surface area contributed by atoms with Gasteiger partial charge in [0.25, 0.3) is 5.56 Å². The third kappa shape index (κ3) is 4.56. The first kappa shape index (κ1) is 13.7. The van der Waals surface area contributed by atoms with Crippen molar-refractivity contribution in [1.29, 1.82) is 0 Å². The SMILES string of the molecule is CCOCC(C)Nc1cc(=O)[nH]c(C(C)C)n1. The van der Waals surface area contributed by atoms with Gasteiger partial charge in [0.2, 0.25) is 0 Å². The molecule has 1 unspecified atom stereocenters. The summed E-state index contributed by atoms with van der Waals surface area (Å²) in [4.78, 5) is 18.5. The van der Waals surface area contributed by atoms with E-state index >= 15 is 0 Å². The lowest BCUT2D eigenvalue weighted by Gasteiger charge is -2.15. The molecule has 96 valence electrons. The Hall–Kier alpha value is -1.36. The van der Waals surface area contributed by atoms with Crippen molar-refractivity contribution in [3.05, 3.63) is 22.2 Å². The van der Waals surface area contributed by atoms with Crippen molar-refractivity contribution in [2.24, 2.45) is 0 Å². The third-order valence-electron chi connectivity index (χ3n) is 2.27.